The highest BCUT2D eigenvalue weighted by Crippen LogP contribution is 2.21. The monoisotopic (exact) mass is 325 g/mol. The molecule has 0 spiro atoms. The Hall–Kier alpha value is -1.89. The molecule has 22 heavy (non-hydrogen) atoms. The molecule has 3 amide bonds. The maximum Gasteiger partial charge on any atom is 0.242 e. The Labute approximate surface area is 134 Å². The van der Waals surface area contributed by atoms with Gasteiger partial charge in [-0.15, -0.1) is 11.3 Å². The zero-order valence-corrected chi connectivity index (χ0v) is 14.0. The lowest BCUT2D eigenvalue weighted by Crippen LogP contribution is -2.45. The quantitative estimate of drug-likeness (QED) is 0.674. The molecule has 6 nitrogen and oxygen atoms in total. The summed E-state index contributed by atoms with van der Waals surface area (Å²) in [5, 5.41) is 10.0. The molecule has 122 valence electrons. The summed E-state index contributed by atoms with van der Waals surface area (Å²) in [7, 11) is 0. The molecule has 1 aromatic rings. The van der Waals surface area contributed by atoms with E-state index < -0.39 is 6.04 Å². The van der Waals surface area contributed by atoms with Crippen molar-refractivity contribution in [3.8, 4) is 0 Å². The van der Waals surface area contributed by atoms with Gasteiger partial charge in [-0.3, -0.25) is 14.4 Å². The predicted octanol–water partition coefficient (Wildman–Crippen LogP) is 1.35. The van der Waals surface area contributed by atoms with Crippen LogP contribution in [0.2, 0.25) is 0 Å². The van der Waals surface area contributed by atoms with Crippen molar-refractivity contribution >= 4 is 29.1 Å². The molecule has 7 heteroatoms. The van der Waals surface area contributed by atoms with Crippen LogP contribution < -0.4 is 16.0 Å². The van der Waals surface area contributed by atoms with Crippen molar-refractivity contribution in [3.05, 3.63) is 22.4 Å². The van der Waals surface area contributed by atoms with Gasteiger partial charge < -0.3 is 16.0 Å². The number of hydrogen-bond acceptors (Lipinski definition) is 4. The summed E-state index contributed by atoms with van der Waals surface area (Å²) in [5.74, 6) is -0.673. The lowest BCUT2D eigenvalue weighted by molar-refractivity contribution is -0.129. The van der Waals surface area contributed by atoms with E-state index in [4.69, 9.17) is 0 Å². The Morgan fingerprint density at radius 1 is 1.27 bits per heavy atom. The molecule has 0 aliphatic rings. The Kier molecular flexibility index (Phi) is 7.59. The molecule has 0 unspecified atom stereocenters. The first-order chi connectivity index (χ1) is 10.4. The summed E-state index contributed by atoms with van der Waals surface area (Å²) in [6.07, 6.45) is 0.945. The van der Waals surface area contributed by atoms with Gasteiger partial charge in [0.15, 0.2) is 0 Å². The van der Waals surface area contributed by atoms with E-state index in [1.54, 1.807) is 6.92 Å². The Balaban J connectivity index is 2.56. The molecule has 0 fully saturated rings. The second-order valence-electron chi connectivity index (χ2n) is 5.05. The number of amides is 3. The number of carbonyl (C=O) groups excluding carboxylic acids is 3. The molecule has 0 radical (unpaired) electrons. The van der Waals surface area contributed by atoms with E-state index in [0.717, 1.165) is 11.3 Å². The van der Waals surface area contributed by atoms with E-state index in [1.807, 2.05) is 24.4 Å². The first-order valence-electron chi connectivity index (χ1n) is 7.31. The number of hydrogen-bond donors (Lipinski definition) is 3. The second-order valence-corrected chi connectivity index (χ2v) is 6.03. The summed E-state index contributed by atoms with van der Waals surface area (Å²) < 4.78 is 0. The number of carbonyl (C=O) groups is 3. The topological polar surface area (TPSA) is 87.3 Å². The fraction of sp³-hybridized carbons (Fsp3) is 0.533. The maximum absolute atomic E-state index is 12.1. The maximum atomic E-state index is 12.1. The van der Waals surface area contributed by atoms with Gasteiger partial charge in [0.25, 0.3) is 0 Å². The van der Waals surface area contributed by atoms with Crippen molar-refractivity contribution in [2.45, 2.75) is 45.7 Å². The van der Waals surface area contributed by atoms with E-state index in [0.29, 0.717) is 6.54 Å². The van der Waals surface area contributed by atoms with Gasteiger partial charge in [-0.25, -0.2) is 0 Å². The molecule has 1 heterocycles. The van der Waals surface area contributed by atoms with Crippen molar-refractivity contribution in [1.82, 2.24) is 16.0 Å². The molecule has 2 atom stereocenters. The zero-order valence-electron chi connectivity index (χ0n) is 13.1. The van der Waals surface area contributed by atoms with E-state index in [2.05, 4.69) is 16.0 Å². The van der Waals surface area contributed by atoms with Gasteiger partial charge in [-0.05, 0) is 24.8 Å². The largest absolute Gasteiger partial charge is 0.354 e. The number of nitrogens with one attached hydrogen (secondary N) is 3. The van der Waals surface area contributed by atoms with Crippen LogP contribution in [0.5, 0.6) is 0 Å². The van der Waals surface area contributed by atoms with Gasteiger partial charge in [-0.1, -0.05) is 13.0 Å². The fourth-order valence-electron chi connectivity index (χ4n) is 1.91. The third-order valence-corrected chi connectivity index (χ3v) is 3.96. The van der Waals surface area contributed by atoms with Crippen LogP contribution in [-0.4, -0.2) is 30.3 Å². The Morgan fingerprint density at radius 2 is 2.00 bits per heavy atom. The minimum absolute atomic E-state index is 0.103. The fourth-order valence-corrected chi connectivity index (χ4v) is 2.69. The molecule has 0 saturated carbocycles. The predicted molar refractivity (Wildman–Crippen MR) is 86.4 cm³/mol. The van der Waals surface area contributed by atoms with Crippen LogP contribution in [0.4, 0.5) is 0 Å². The first-order valence-corrected chi connectivity index (χ1v) is 8.19. The standard InChI is InChI=1S/C15H23N3O3S/c1-4-7-16-15(21)10(2)17-14(20)9-12(18-11(3)19)13-6-5-8-22-13/h5-6,8,10,12H,4,7,9H2,1-3H3,(H,16,21)(H,17,20)(H,18,19)/t10-,12-/m0/s1. The summed E-state index contributed by atoms with van der Waals surface area (Å²) in [6.45, 7) is 5.60. The molecule has 3 N–H and O–H groups in total. The lowest BCUT2D eigenvalue weighted by Gasteiger charge is -2.18. The van der Waals surface area contributed by atoms with Crippen LogP contribution in [0.25, 0.3) is 0 Å². The lowest BCUT2D eigenvalue weighted by atomic mass is 10.1. The highest BCUT2D eigenvalue weighted by Gasteiger charge is 2.21. The Bertz CT molecular complexity index is 502. The van der Waals surface area contributed by atoms with Crippen molar-refractivity contribution in [3.63, 3.8) is 0 Å². The third-order valence-electron chi connectivity index (χ3n) is 2.97. The molecule has 0 aromatic carbocycles. The molecule has 0 aliphatic heterocycles. The molecular weight excluding hydrogens is 302 g/mol. The summed E-state index contributed by atoms with van der Waals surface area (Å²) in [4.78, 5) is 36.0. The molecule has 0 saturated heterocycles. The van der Waals surface area contributed by atoms with Crippen LogP contribution >= 0.6 is 11.3 Å². The van der Waals surface area contributed by atoms with Gasteiger partial charge in [0, 0.05) is 18.3 Å². The van der Waals surface area contributed by atoms with Gasteiger partial charge in [0.05, 0.1) is 12.5 Å². The summed E-state index contributed by atoms with van der Waals surface area (Å²) in [5.41, 5.74) is 0. The van der Waals surface area contributed by atoms with Gasteiger partial charge >= 0.3 is 0 Å². The van der Waals surface area contributed by atoms with Crippen LogP contribution in [-0.2, 0) is 14.4 Å². The normalized spacial score (nSPS) is 13.0. The summed E-state index contributed by atoms with van der Waals surface area (Å²) in [6, 6.07) is 2.77. The van der Waals surface area contributed by atoms with Crippen molar-refractivity contribution in [2.75, 3.05) is 6.54 Å². The molecule has 0 bridgehead atoms. The highest BCUT2D eigenvalue weighted by atomic mass is 32.1. The molecule has 0 aliphatic carbocycles. The van der Waals surface area contributed by atoms with Crippen LogP contribution in [0.1, 0.15) is 44.5 Å². The first kappa shape index (κ1) is 18.2. The number of rotatable bonds is 8. The minimum atomic E-state index is -0.597. The SMILES string of the molecule is CCCNC(=O)[C@H](C)NC(=O)C[C@H](NC(C)=O)c1cccs1. The smallest absolute Gasteiger partial charge is 0.242 e. The summed E-state index contributed by atoms with van der Waals surface area (Å²) >= 11 is 1.48. The van der Waals surface area contributed by atoms with E-state index in [9.17, 15) is 14.4 Å². The van der Waals surface area contributed by atoms with Crippen molar-refractivity contribution < 1.29 is 14.4 Å². The Morgan fingerprint density at radius 3 is 2.55 bits per heavy atom. The van der Waals surface area contributed by atoms with E-state index in [-0.39, 0.29) is 30.2 Å². The molecule has 1 aromatic heterocycles. The zero-order chi connectivity index (χ0) is 16.5. The highest BCUT2D eigenvalue weighted by molar-refractivity contribution is 7.10. The minimum Gasteiger partial charge on any atom is -0.354 e. The van der Waals surface area contributed by atoms with Crippen LogP contribution in [0.15, 0.2) is 17.5 Å². The average molecular weight is 325 g/mol. The van der Waals surface area contributed by atoms with Crippen molar-refractivity contribution in [2.24, 2.45) is 0 Å². The van der Waals surface area contributed by atoms with E-state index >= 15 is 0 Å². The van der Waals surface area contributed by atoms with E-state index in [1.165, 1.54) is 18.3 Å². The van der Waals surface area contributed by atoms with Gasteiger partial charge in [0.2, 0.25) is 17.7 Å². The van der Waals surface area contributed by atoms with Crippen LogP contribution in [0.3, 0.4) is 0 Å². The third kappa shape index (κ3) is 6.26. The van der Waals surface area contributed by atoms with Crippen LogP contribution in [0, 0.1) is 0 Å². The van der Waals surface area contributed by atoms with Gasteiger partial charge in [0.1, 0.15) is 6.04 Å². The second kappa shape index (κ2) is 9.19. The average Bonchev–Trinajstić information content (AvgIpc) is 2.97. The molecular formula is C15H23N3O3S. The molecule has 1 rings (SSSR count). The van der Waals surface area contributed by atoms with Crippen molar-refractivity contribution in [1.29, 1.82) is 0 Å². The van der Waals surface area contributed by atoms with Gasteiger partial charge in [-0.2, -0.15) is 0 Å². The number of thiophene rings is 1.